The Bertz CT molecular complexity index is 772. The molecule has 0 unspecified atom stereocenters. The van der Waals surface area contributed by atoms with Crippen molar-refractivity contribution in [2.24, 2.45) is 11.1 Å². The van der Waals surface area contributed by atoms with Crippen LogP contribution in [-0.4, -0.2) is 29.8 Å². The molecule has 2 aromatic rings. The van der Waals surface area contributed by atoms with E-state index >= 15 is 0 Å². The van der Waals surface area contributed by atoms with Crippen molar-refractivity contribution in [1.82, 2.24) is 4.90 Å². The molecule has 3 rings (SSSR count). The third kappa shape index (κ3) is 3.43. The zero-order valence-corrected chi connectivity index (χ0v) is 14.6. The van der Waals surface area contributed by atoms with Crippen LogP contribution in [0.2, 0.25) is 0 Å². The smallest absolute Gasteiger partial charge is 0.225 e. The first-order valence-corrected chi connectivity index (χ1v) is 8.77. The van der Waals surface area contributed by atoms with Gasteiger partial charge in [-0.25, -0.2) is 0 Å². The van der Waals surface area contributed by atoms with Crippen molar-refractivity contribution in [2.75, 3.05) is 13.1 Å². The van der Waals surface area contributed by atoms with Crippen molar-refractivity contribution >= 4 is 11.8 Å². The van der Waals surface area contributed by atoms with Gasteiger partial charge in [-0.1, -0.05) is 61.5 Å². The van der Waals surface area contributed by atoms with Crippen molar-refractivity contribution in [3.8, 4) is 11.1 Å². The first-order valence-electron chi connectivity index (χ1n) is 8.77. The number of nitrogens with zero attached hydrogens (tertiary/aromatic N) is 1. The molecule has 1 saturated heterocycles. The van der Waals surface area contributed by atoms with E-state index in [4.69, 9.17) is 5.73 Å². The van der Waals surface area contributed by atoms with E-state index in [9.17, 15) is 9.59 Å². The molecule has 0 radical (unpaired) electrons. The molecule has 1 fully saturated rings. The standard InChI is InChI=1S/C21H24N2O2/c1-2-19(24)23-13-12-21(15-23,20(22)25)14-17-10-6-7-11-18(17)16-8-4-3-5-9-16/h3-11H,2,12-15H2,1H3,(H2,22,25)/t21-/m1/s1. The highest BCUT2D eigenvalue weighted by Gasteiger charge is 2.44. The van der Waals surface area contributed by atoms with Crippen LogP contribution >= 0.6 is 0 Å². The summed E-state index contributed by atoms with van der Waals surface area (Å²) in [4.78, 5) is 26.1. The number of primary amides is 1. The summed E-state index contributed by atoms with van der Waals surface area (Å²) < 4.78 is 0. The Kier molecular flexibility index (Phi) is 4.88. The maximum absolute atomic E-state index is 12.3. The van der Waals surface area contributed by atoms with E-state index in [0.29, 0.717) is 32.4 Å². The highest BCUT2D eigenvalue weighted by Crippen LogP contribution is 2.37. The molecule has 0 bridgehead atoms. The van der Waals surface area contributed by atoms with Gasteiger partial charge in [0.25, 0.3) is 0 Å². The maximum Gasteiger partial charge on any atom is 0.225 e. The van der Waals surface area contributed by atoms with Gasteiger partial charge in [0.05, 0.1) is 5.41 Å². The van der Waals surface area contributed by atoms with Crippen LogP contribution in [-0.2, 0) is 16.0 Å². The van der Waals surface area contributed by atoms with Crippen LogP contribution in [0.3, 0.4) is 0 Å². The van der Waals surface area contributed by atoms with Crippen molar-refractivity contribution in [2.45, 2.75) is 26.2 Å². The topological polar surface area (TPSA) is 63.4 Å². The average Bonchev–Trinajstić information content (AvgIpc) is 3.08. The molecule has 0 spiro atoms. The second kappa shape index (κ2) is 7.09. The molecule has 4 nitrogen and oxygen atoms in total. The molecule has 1 aliphatic heterocycles. The zero-order chi connectivity index (χ0) is 17.9. The normalized spacial score (nSPS) is 19.8. The maximum atomic E-state index is 12.3. The van der Waals surface area contributed by atoms with Crippen molar-refractivity contribution in [1.29, 1.82) is 0 Å². The second-order valence-electron chi connectivity index (χ2n) is 6.76. The van der Waals surface area contributed by atoms with E-state index in [-0.39, 0.29) is 11.8 Å². The van der Waals surface area contributed by atoms with Crippen molar-refractivity contribution < 1.29 is 9.59 Å². The van der Waals surface area contributed by atoms with E-state index in [1.165, 1.54) is 0 Å². The predicted molar refractivity (Wildman–Crippen MR) is 98.7 cm³/mol. The summed E-state index contributed by atoms with van der Waals surface area (Å²) in [6.45, 7) is 2.86. The van der Waals surface area contributed by atoms with Crippen LogP contribution in [0.25, 0.3) is 11.1 Å². The molecule has 25 heavy (non-hydrogen) atoms. The summed E-state index contributed by atoms with van der Waals surface area (Å²) in [5, 5.41) is 0. The minimum Gasteiger partial charge on any atom is -0.369 e. The average molecular weight is 336 g/mol. The molecule has 0 saturated carbocycles. The SMILES string of the molecule is CCC(=O)N1CC[C@](Cc2ccccc2-c2ccccc2)(C(N)=O)C1. The lowest BCUT2D eigenvalue weighted by molar-refractivity contribution is -0.131. The minimum atomic E-state index is -0.685. The highest BCUT2D eigenvalue weighted by molar-refractivity contribution is 5.85. The van der Waals surface area contributed by atoms with Crippen LogP contribution < -0.4 is 5.73 Å². The van der Waals surface area contributed by atoms with Gasteiger partial charge < -0.3 is 10.6 Å². The van der Waals surface area contributed by atoms with Gasteiger partial charge in [-0.15, -0.1) is 0 Å². The van der Waals surface area contributed by atoms with Gasteiger partial charge in [0.1, 0.15) is 0 Å². The van der Waals surface area contributed by atoms with Gasteiger partial charge in [-0.3, -0.25) is 9.59 Å². The Morgan fingerprint density at radius 3 is 2.44 bits per heavy atom. The molecule has 1 atom stereocenters. The largest absolute Gasteiger partial charge is 0.369 e. The molecule has 0 aromatic heterocycles. The Morgan fingerprint density at radius 2 is 1.76 bits per heavy atom. The summed E-state index contributed by atoms with van der Waals surface area (Å²) in [6.07, 6.45) is 1.63. The molecule has 0 aliphatic carbocycles. The first kappa shape index (κ1) is 17.2. The second-order valence-corrected chi connectivity index (χ2v) is 6.76. The van der Waals surface area contributed by atoms with Crippen molar-refractivity contribution in [3.05, 3.63) is 60.2 Å². The Labute approximate surface area is 148 Å². The van der Waals surface area contributed by atoms with Gasteiger partial charge in [-0.05, 0) is 29.5 Å². The number of likely N-dealkylation sites (tertiary alicyclic amines) is 1. The number of hydrogen-bond donors (Lipinski definition) is 1. The fourth-order valence-electron chi connectivity index (χ4n) is 3.68. The molecule has 2 amide bonds. The van der Waals surface area contributed by atoms with Crippen molar-refractivity contribution in [3.63, 3.8) is 0 Å². The lowest BCUT2D eigenvalue weighted by Gasteiger charge is -2.27. The highest BCUT2D eigenvalue weighted by atomic mass is 16.2. The van der Waals surface area contributed by atoms with E-state index in [2.05, 4.69) is 24.3 Å². The molecule has 1 heterocycles. The van der Waals surface area contributed by atoms with Crippen LogP contribution in [0.15, 0.2) is 54.6 Å². The first-order chi connectivity index (χ1) is 12.1. The number of rotatable bonds is 5. The lowest BCUT2D eigenvalue weighted by Crippen LogP contribution is -2.42. The molecule has 4 heteroatoms. The fourth-order valence-corrected chi connectivity index (χ4v) is 3.68. The Hall–Kier alpha value is -2.62. The van der Waals surface area contributed by atoms with Gasteiger partial charge in [-0.2, -0.15) is 0 Å². The lowest BCUT2D eigenvalue weighted by atomic mass is 9.78. The van der Waals surface area contributed by atoms with Gasteiger partial charge in [0.2, 0.25) is 11.8 Å². The number of hydrogen-bond acceptors (Lipinski definition) is 2. The number of carbonyl (C=O) groups is 2. The number of amides is 2. The molecule has 2 N–H and O–H groups in total. The summed E-state index contributed by atoms with van der Waals surface area (Å²) in [7, 11) is 0. The quantitative estimate of drug-likeness (QED) is 0.912. The summed E-state index contributed by atoms with van der Waals surface area (Å²) >= 11 is 0. The van der Waals surface area contributed by atoms with E-state index < -0.39 is 5.41 Å². The van der Waals surface area contributed by atoms with E-state index in [0.717, 1.165) is 16.7 Å². The molecule has 130 valence electrons. The number of carbonyl (C=O) groups excluding carboxylic acids is 2. The Balaban J connectivity index is 1.93. The predicted octanol–water partition coefficient (Wildman–Crippen LogP) is 3.01. The van der Waals surface area contributed by atoms with Crippen LogP contribution in [0.1, 0.15) is 25.3 Å². The Morgan fingerprint density at radius 1 is 1.08 bits per heavy atom. The monoisotopic (exact) mass is 336 g/mol. The summed E-state index contributed by atoms with van der Waals surface area (Å²) in [5.74, 6) is -0.235. The number of nitrogens with two attached hydrogens (primary N) is 1. The van der Waals surface area contributed by atoms with Crippen LogP contribution in [0, 0.1) is 5.41 Å². The van der Waals surface area contributed by atoms with Gasteiger partial charge in [0.15, 0.2) is 0 Å². The molecule has 2 aromatic carbocycles. The fraction of sp³-hybridized carbons (Fsp3) is 0.333. The summed E-state index contributed by atoms with van der Waals surface area (Å²) in [6, 6.07) is 18.3. The third-order valence-electron chi connectivity index (χ3n) is 5.16. The minimum absolute atomic E-state index is 0.0828. The van der Waals surface area contributed by atoms with Crippen LogP contribution in [0.4, 0.5) is 0 Å². The van der Waals surface area contributed by atoms with Gasteiger partial charge in [0, 0.05) is 19.5 Å². The van der Waals surface area contributed by atoms with E-state index in [1.807, 2.05) is 37.3 Å². The van der Waals surface area contributed by atoms with E-state index in [1.54, 1.807) is 4.90 Å². The number of benzene rings is 2. The van der Waals surface area contributed by atoms with Gasteiger partial charge >= 0.3 is 0 Å². The molecular weight excluding hydrogens is 312 g/mol. The molecular formula is C21H24N2O2. The van der Waals surface area contributed by atoms with Crippen LogP contribution in [0.5, 0.6) is 0 Å². The molecule has 1 aliphatic rings. The zero-order valence-electron chi connectivity index (χ0n) is 14.6. The third-order valence-corrected chi connectivity index (χ3v) is 5.16. The summed E-state index contributed by atoms with van der Waals surface area (Å²) in [5.41, 5.74) is 8.44.